The number of benzene rings is 2. The van der Waals surface area contributed by atoms with Crippen molar-refractivity contribution in [2.75, 3.05) is 12.5 Å². The monoisotopic (exact) mass is 355 g/mol. The average molecular weight is 355 g/mol. The van der Waals surface area contributed by atoms with Gasteiger partial charge in [0.2, 0.25) is 11.1 Å². The predicted octanol–water partition coefficient (Wildman–Crippen LogP) is 3.26. The number of nitrogens with one attached hydrogen (secondary N) is 2. The van der Waals surface area contributed by atoms with E-state index in [1.165, 1.54) is 18.0 Å². The van der Waals surface area contributed by atoms with Crippen LogP contribution in [0.3, 0.4) is 0 Å². The number of methoxy groups -OCH3 is 1. The highest BCUT2D eigenvalue weighted by atomic mass is 32.2. The van der Waals surface area contributed by atoms with Gasteiger partial charge in [0, 0.05) is 16.9 Å². The van der Waals surface area contributed by atoms with Crippen molar-refractivity contribution < 1.29 is 9.84 Å². The molecule has 0 fully saturated rings. The van der Waals surface area contributed by atoms with Crippen molar-refractivity contribution in [1.82, 2.24) is 15.2 Å². The van der Waals surface area contributed by atoms with Gasteiger partial charge in [-0.3, -0.25) is 0 Å². The summed E-state index contributed by atoms with van der Waals surface area (Å²) >= 11 is 1.49. The summed E-state index contributed by atoms with van der Waals surface area (Å²) < 4.78 is 5.33. The van der Waals surface area contributed by atoms with Crippen LogP contribution in [0.15, 0.2) is 58.8 Å². The van der Waals surface area contributed by atoms with E-state index >= 15 is 0 Å². The molecule has 0 unspecified atom stereocenters. The van der Waals surface area contributed by atoms with Crippen molar-refractivity contribution >= 4 is 23.9 Å². The largest absolute Gasteiger partial charge is 0.507 e. The summed E-state index contributed by atoms with van der Waals surface area (Å²) in [4.78, 5) is 4.30. The molecule has 3 aromatic rings. The Hall–Kier alpha value is -3.00. The third-order valence-corrected chi connectivity index (χ3v) is 4.22. The number of aromatic amines is 1. The predicted molar refractivity (Wildman–Crippen MR) is 98.3 cm³/mol. The maximum absolute atomic E-state index is 9.66. The van der Waals surface area contributed by atoms with Crippen LogP contribution in [0.2, 0.25) is 0 Å². The number of thioether (sulfide) groups is 1. The van der Waals surface area contributed by atoms with Gasteiger partial charge in [-0.1, -0.05) is 42.1 Å². The number of aromatic nitrogens is 3. The van der Waals surface area contributed by atoms with Gasteiger partial charge < -0.3 is 9.84 Å². The summed E-state index contributed by atoms with van der Waals surface area (Å²) in [6.07, 6.45) is 1.51. The van der Waals surface area contributed by atoms with Crippen LogP contribution < -0.4 is 10.2 Å². The van der Waals surface area contributed by atoms with Crippen LogP contribution >= 0.6 is 11.8 Å². The van der Waals surface area contributed by atoms with Gasteiger partial charge in [-0.15, -0.1) is 5.10 Å². The number of rotatable bonds is 7. The van der Waals surface area contributed by atoms with Crippen molar-refractivity contribution in [3.63, 3.8) is 0 Å². The minimum Gasteiger partial charge on any atom is -0.507 e. The fourth-order valence-electron chi connectivity index (χ4n) is 2.09. The smallest absolute Gasteiger partial charge is 0.240 e. The van der Waals surface area contributed by atoms with Crippen molar-refractivity contribution in [3.05, 3.63) is 59.7 Å². The lowest BCUT2D eigenvalue weighted by Gasteiger charge is -2.05. The lowest BCUT2D eigenvalue weighted by Crippen LogP contribution is -1.92. The lowest BCUT2D eigenvalue weighted by atomic mass is 10.2. The number of anilines is 1. The van der Waals surface area contributed by atoms with Crippen molar-refractivity contribution in [1.29, 1.82) is 0 Å². The molecule has 0 saturated heterocycles. The van der Waals surface area contributed by atoms with E-state index in [-0.39, 0.29) is 5.75 Å². The number of hydrogen-bond donors (Lipinski definition) is 3. The van der Waals surface area contributed by atoms with E-state index in [1.807, 2.05) is 30.3 Å². The molecule has 0 amide bonds. The second kappa shape index (κ2) is 8.20. The molecule has 0 spiro atoms. The van der Waals surface area contributed by atoms with E-state index in [1.54, 1.807) is 25.3 Å². The molecule has 0 atom stereocenters. The molecule has 3 N–H and O–H groups in total. The van der Waals surface area contributed by atoms with E-state index in [4.69, 9.17) is 4.74 Å². The Morgan fingerprint density at radius 1 is 1.24 bits per heavy atom. The molecule has 128 valence electrons. The van der Waals surface area contributed by atoms with Crippen LogP contribution in [0.5, 0.6) is 11.5 Å². The number of para-hydroxylation sites is 2. The van der Waals surface area contributed by atoms with Gasteiger partial charge in [0.25, 0.3) is 0 Å². The number of hydrogen-bond acceptors (Lipinski definition) is 7. The maximum Gasteiger partial charge on any atom is 0.240 e. The summed E-state index contributed by atoms with van der Waals surface area (Å²) in [5, 5.41) is 21.2. The summed E-state index contributed by atoms with van der Waals surface area (Å²) in [6.45, 7) is 0. The van der Waals surface area contributed by atoms with Crippen LogP contribution in [0.1, 0.15) is 11.1 Å². The van der Waals surface area contributed by atoms with Crippen LogP contribution in [0.25, 0.3) is 0 Å². The number of phenolic OH excluding ortho intramolecular Hbond substituents is 1. The molecule has 0 bridgehead atoms. The maximum atomic E-state index is 9.66. The first-order valence-electron chi connectivity index (χ1n) is 7.50. The van der Waals surface area contributed by atoms with Crippen molar-refractivity contribution in [2.24, 2.45) is 5.10 Å². The quantitative estimate of drug-likeness (QED) is 0.342. The van der Waals surface area contributed by atoms with Gasteiger partial charge >= 0.3 is 0 Å². The number of hydrazone groups is 1. The van der Waals surface area contributed by atoms with E-state index in [0.717, 1.165) is 11.3 Å². The van der Waals surface area contributed by atoms with Crippen LogP contribution in [-0.4, -0.2) is 33.6 Å². The molecule has 1 heterocycles. The molecule has 0 radical (unpaired) electrons. The minimum atomic E-state index is 0.165. The first-order chi connectivity index (χ1) is 12.3. The van der Waals surface area contributed by atoms with Gasteiger partial charge in [0.15, 0.2) is 0 Å². The highest BCUT2D eigenvalue weighted by Gasteiger charge is 2.06. The Morgan fingerprint density at radius 2 is 2.04 bits per heavy atom. The van der Waals surface area contributed by atoms with Gasteiger partial charge in [0.1, 0.15) is 11.5 Å². The molecule has 0 aliphatic rings. The van der Waals surface area contributed by atoms with E-state index in [2.05, 4.69) is 25.7 Å². The van der Waals surface area contributed by atoms with E-state index in [0.29, 0.717) is 22.4 Å². The van der Waals surface area contributed by atoms with Gasteiger partial charge in [-0.05, 0) is 18.2 Å². The standard InChI is InChI=1S/C17H17N5O2S/c1-24-15-9-5-3-7-13(15)11-25-17-19-16(21-22-17)20-18-10-12-6-2-4-8-14(12)23/h2-10,23H,11H2,1H3,(H2,19,20,21,22)/b18-10+. The fraction of sp³-hybridized carbons (Fsp3) is 0.118. The number of ether oxygens (including phenoxy) is 1. The molecular formula is C17H17N5O2S. The molecule has 7 nitrogen and oxygen atoms in total. The Labute approximate surface area is 149 Å². The van der Waals surface area contributed by atoms with Gasteiger partial charge in [-0.2, -0.15) is 10.1 Å². The first kappa shape index (κ1) is 16.8. The highest BCUT2D eigenvalue weighted by molar-refractivity contribution is 7.98. The van der Waals surface area contributed by atoms with E-state index < -0.39 is 0 Å². The van der Waals surface area contributed by atoms with Crippen molar-refractivity contribution in [2.45, 2.75) is 10.9 Å². The van der Waals surface area contributed by atoms with Crippen LogP contribution in [-0.2, 0) is 5.75 Å². The zero-order valence-electron chi connectivity index (χ0n) is 13.5. The number of phenols is 1. The first-order valence-corrected chi connectivity index (χ1v) is 8.49. The zero-order valence-corrected chi connectivity index (χ0v) is 14.3. The van der Waals surface area contributed by atoms with E-state index in [9.17, 15) is 5.11 Å². The number of nitrogens with zero attached hydrogens (tertiary/aromatic N) is 3. The molecule has 0 saturated carbocycles. The molecule has 1 aromatic heterocycles. The van der Waals surface area contributed by atoms with Gasteiger partial charge in [-0.25, -0.2) is 10.5 Å². The third kappa shape index (κ3) is 4.51. The highest BCUT2D eigenvalue weighted by Crippen LogP contribution is 2.26. The third-order valence-electron chi connectivity index (χ3n) is 3.33. The molecule has 0 aliphatic heterocycles. The molecule has 25 heavy (non-hydrogen) atoms. The topological polar surface area (TPSA) is 95.4 Å². The summed E-state index contributed by atoms with van der Waals surface area (Å²) in [5.74, 6) is 2.13. The number of H-pyrrole nitrogens is 1. The SMILES string of the molecule is COc1ccccc1CSc1n[nH]c(N/N=C/c2ccccc2O)n1. The Bertz CT molecular complexity index is 866. The second-order valence-corrected chi connectivity index (χ2v) is 5.94. The summed E-state index contributed by atoms with van der Waals surface area (Å²) in [5.41, 5.74) is 4.44. The van der Waals surface area contributed by atoms with Crippen molar-refractivity contribution in [3.8, 4) is 11.5 Å². The lowest BCUT2D eigenvalue weighted by molar-refractivity contribution is 0.411. The Kier molecular flexibility index (Phi) is 5.53. The van der Waals surface area contributed by atoms with Crippen LogP contribution in [0.4, 0.5) is 5.95 Å². The average Bonchev–Trinajstić information content (AvgIpc) is 3.09. The molecule has 2 aromatic carbocycles. The second-order valence-electron chi connectivity index (χ2n) is 5.00. The molecule has 8 heteroatoms. The Morgan fingerprint density at radius 3 is 2.88 bits per heavy atom. The Balaban J connectivity index is 1.56. The molecule has 3 rings (SSSR count). The van der Waals surface area contributed by atoms with Crippen LogP contribution in [0, 0.1) is 0 Å². The zero-order chi connectivity index (χ0) is 17.5. The summed E-state index contributed by atoms with van der Waals surface area (Å²) in [6, 6.07) is 14.8. The fourth-order valence-corrected chi connectivity index (χ4v) is 2.87. The summed E-state index contributed by atoms with van der Waals surface area (Å²) in [7, 11) is 1.65. The normalized spacial score (nSPS) is 10.9. The molecule has 0 aliphatic carbocycles. The molecular weight excluding hydrogens is 338 g/mol. The number of aromatic hydroxyl groups is 1. The minimum absolute atomic E-state index is 0.165. The van der Waals surface area contributed by atoms with Gasteiger partial charge in [0.05, 0.1) is 13.3 Å².